The van der Waals surface area contributed by atoms with E-state index >= 15 is 0 Å². The molecule has 0 saturated heterocycles. The average Bonchev–Trinajstić information content (AvgIpc) is 1.91. The molecule has 0 aliphatic heterocycles. The molecule has 0 aromatic carbocycles. The molecule has 2 nitrogen and oxygen atoms in total. The van der Waals surface area contributed by atoms with Crippen molar-refractivity contribution in [1.82, 2.24) is 9.97 Å². The zero-order valence-corrected chi connectivity index (χ0v) is 7.13. The number of nitrogens with zero attached hydrogens (tertiary/aromatic N) is 2. The van der Waals surface area contributed by atoms with Crippen LogP contribution in [0.4, 0.5) is 0 Å². The van der Waals surface area contributed by atoms with Crippen molar-refractivity contribution in [1.29, 1.82) is 0 Å². The maximum Gasteiger partial charge on any atom is 0.204 e. The lowest BCUT2D eigenvalue weighted by Crippen LogP contribution is -1.83. The van der Waals surface area contributed by atoms with Crippen molar-refractivity contribution in [2.75, 3.05) is 0 Å². The van der Waals surface area contributed by atoms with Crippen LogP contribution in [-0.4, -0.2) is 20.2 Å². The predicted molar refractivity (Wildman–Crippen MR) is 38.8 cm³/mol. The summed E-state index contributed by atoms with van der Waals surface area (Å²) in [7, 11) is 0.883. The smallest absolute Gasteiger partial charge is 0.204 e. The van der Waals surface area contributed by atoms with Gasteiger partial charge in [0.2, 0.25) is 5.82 Å². The van der Waals surface area contributed by atoms with E-state index in [4.69, 9.17) is 0 Å². The van der Waals surface area contributed by atoms with Crippen LogP contribution in [0.5, 0.6) is 0 Å². The van der Waals surface area contributed by atoms with Crippen LogP contribution in [0.15, 0.2) is 18.5 Å². The normalized spacial score (nSPS) is 8.00. The summed E-state index contributed by atoms with van der Waals surface area (Å²) in [4.78, 5) is 7.81. The van der Waals surface area contributed by atoms with E-state index < -0.39 is 0 Å². The molecule has 3 heteroatoms. The van der Waals surface area contributed by atoms with Gasteiger partial charge in [0.1, 0.15) is 0 Å². The third-order valence-electron chi connectivity index (χ3n) is 0.803. The Morgan fingerprint density at radius 1 is 1.33 bits per heavy atom. The van der Waals surface area contributed by atoms with E-state index in [1.165, 1.54) is 0 Å². The zero-order valence-electron chi connectivity index (χ0n) is 5.13. The van der Waals surface area contributed by atoms with Gasteiger partial charge in [-0.25, -0.2) is 9.97 Å². The monoisotopic (exact) mass is 134 g/mol. The molecular formula is C6H6N2Si. The second-order valence-electron chi connectivity index (χ2n) is 1.45. The minimum atomic E-state index is 0.618. The van der Waals surface area contributed by atoms with Gasteiger partial charge in [0.15, 0.2) is 0 Å². The van der Waals surface area contributed by atoms with Gasteiger partial charge in [0.05, 0.1) is 10.2 Å². The summed E-state index contributed by atoms with van der Waals surface area (Å²) in [5.74, 6) is 3.42. The fourth-order valence-corrected chi connectivity index (χ4v) is 0.699. The lowest BCUT2D eigenvalue weighted by molar-refractivity contribution is 1.13. The molecule has 9 heavy (non-hydrogen) atoms. The molecule has 0 aliphatic carbocycles. The van der Waals surface area contributed by atoms with E-state index in [9.17, 15) is 0 Å². The summed E-state index contributed by atoms with van der Waals surface area (Å²) in [5.41, 5.74) is 2.85. The summed E-state index contributed by atoms with van der Waals surface area (Å²) < 4.78 is 0. The van der Waals surface area contributed by atoms with Gasteiger partial charge >= 0.3 is 0 Å². The molecule has 0 spiro atoms. The van der Waals surface area contributed by atoms with Crippen molar-refractivity contribution in [3.05, 3.63) is 24.3 Å². The molecule has 0 aliphatic rings. The van der Waals surface area contributed by atoms with E-state index in [0.717, 1.165) is 10.2 Å². The van der Waals surface area contributed by atoms with Crippen molar-refractivity contribution in [3.8, 4) is 11.5 Å². The van der Waals surface area contributed by atoms with Crippen molar-refractivity contribution in [2.45, 2.75) is 0 Å². The van der Waals surface area contributed by atoms with Crippen LogP contribution in [0.25, 0.3) is 0 Å². The van der Waals surface area contributed by atoms with Gasteiger partial charge in [0, 0.05) is 12.4 Å². The van der Waals surface area contributed by atoms with Crippen molar-refractivity contribution < 1.29 is 0 Å². The molecule has 0 N–H and O–H groups in total. The number of hydrogen-bond donors (Lipinski definition) is 0. The molecule has 1 aromatic heterocycles. The summed E-state index contributed by atoms with van der Waals surface area (Å²) in [5, 5.41) is 0. The molecular weight excluding hydrogens is 128 g/mol. The molecule has 0 fully saturated rings. The third-order valence-corrected chi connectivity index (χ3v) is 1.05. The summed E-state index contributed by atoms with van der Waals surface area (Å²) in [6.07, 6.45) is 3.38. The maximum absolute atomic E-state index is 3.91. The molecule has 1 aromatic rings. The van der Waals surface area contributed by atoms with Gasteiger partial charge in [-0.15, -0.1) is 5.54 Å². The Hall–Kier alpha value is -1.14. The first kappa shape index (κ1) is 5.98. The molecule has 0 atom stereocenters. The van der Waals surface area contributed by atoms with Crippen LogP contribution >= 0.6 is 0 Å². The first-order valence-corrected chi connectivity index (χ1v) is 3.63. The first-order chi connectivity index (χ1) is 4.43. The fourth-order valence-electron chi connectivity index (χ4n) is 0.475. The van der Waals surface area contributed by atoms with Crippen molar-refractivity contribution in [2.24, 2.45) is 0 Å². The van der Waals surface area contributed by atoms with Crippen LogP contribution in [0, 0.1) is 11.5 Å². The second-order valence-corrected chi connectivity index (χ2v) is 1.95. The largest absolute Gasteiger partial charge is 0.229 e. The van der Waals surface area contributed by atoms with Crippen molar-refractivity contribution in [3.63, 3.8) is 0 Å². The SMILES string of the molecule is [SiH3]C#Cc1ncccn1. The highest BCUT2D eigenvalue weighted by Crippen LogP contribution is 1.80. The van der Waals surface area contributed by atoms with Crippen LogP contribution in [0.2, 0.25) is 0 Å². The van der Waals surface area contributed by atoms with Crippen LogP contribution in [-0.2, 0) is 0 Å². The van der Waals surface area contributed by atoms with Crippen LogP contribution in [0.1, 0.15) is 5.82 Å². The minimum absolute atomic E-state index is 0.618. The number of rotatable bonds is 0. The van der Waals surface area contributed by atoms with Crippen LogP contribution in [0.3, 0.4) is 0 Å². The molecule has 1 rings (SSSR count). The van der Waals surface area contributed by atoms with Crippen molar-refractivity contribution >= 4 is 10.2 Å². The molecule has 0 amide bonds. The topological polar surface area (TPSA) is 25.8 Å². The Kier molecular flexibility index (Phi) is 1.99. The molecule has 1 heterocycles. The summed E-state index contributed by atoms with van der Waals surface area (Å²) in [6.45, 7) is 0. The summed E-state index contributed by atoms with van der Waals surface area (Å²) in [6, 6.07) is 1.78. The van der Waals surface area contributed by atoms with E-state index in [0.29, 0.717) is 5.82 Å². The highest BCUT2D eigenvalue weighted by atomic mass is 28.1. The molecule has 0 bridgehead atoms. The van der Waals surface area contributed by atoms with Gasteiger partial charge in [-0.3, -0.25) is 0 Å². The van der Waals surface area contributed by atoms with Gasteiger partial charge in [-0.05, 0) is 12.0 Å². The third kappa shape index (κ3) is 1.66. The highest BCUT2D eigenvalue weighted by Gasteiger charge is 1.80. The van der Waals surface area contributed by atoms with E-state index in [1.807, 2.05) is 0 Å². The van der Waals surface area contributed by atoms with Gasteiger partial charge in [-0.2, -0.15) is 0 Å². The second kappa shape index (κ2) is 3.00. The van der Waals surface area contributed by atoms with Crippen LogP contribution < -0.4 is 0 Å². The Bertz CT molecular complexity index is 234. The molecule has 44 valence electrons. The molecule has 0 saturated carbocycles. The molecule has 0 unspecified atom stereocenters. The quantitative estimate of drug-likeness (QED) is 0.341. The average molecular weight is 134 g/mol. The van der Waals surface area contributed by atoms with Gasteiger partial charge < -0.3 is 0 Å². The predicted octanol–water partition coefficient (Wildman–Crippen LogP) is -0.849. The van der Waals surface area contributed by atoms with Gasteiger partial charge in [0.25, 0.3) is 0 Å². The first-order valence-electron chi connectivity index (χ1n) is 2.63. The van der Waals surface area contributed by atoms with Gasteiger partial charge in [-0.1, -0.05) is 0 Å². The Morgan fingerprint density at radius 2 is 2.00 bits per heavy atom. The lowest BCUT2D eigenvalue weighted by atomic mass is 10.6. The molecule has 0 radical (unpaired) electrons. The standard InChI is InChI=1S/C6H6N2Si/c9-5-2-6-7-3-1-4-8-6/h1,3-4H,9H3. The Morgan fingerprint density at radius 3 is 2.56 bits per heavy atom. The Balaban J connectivity index is 2.94. The van der Waals surface area contributed by atoms with E-state index in [2.05, 4.69) is 21.4 Å². The maximum atomic E-state index is 3.91. The zero-order chi connectivity index (χ0) is 6.53. The lowest BCUT2D eigenvalue weighted by Gasteiger charge is -1.82. The number of hydrogen-bond acceptors (Lipinski definition) is 2. The minimum Gasteiger partial charge on any atom is -0.229 e. The highest BCUT2D eigenvalue weighted by molar-refractivity contribution is 6.22. The summed E-state index contributed by atoms with van der Waals surface area (Å²) >= 11 is 0. The van der Waals surface area contributed by atoms with E-state index in [-0.39, 0.29) is 0 Å². The van der Waals surface area contributed by atoms with E-state index in [1.54, 1.807) is 18.5 Å². The fraction of sp³-hybridized carbons (Fsp3) is 0. The Labute approximate surface area is 56.8 Å². The number of aromatic nitrogens is 2.